The predicted octanol–water partition coefficient (Wildman–Crippen LogP) is 4.07. The zero-order valence-corrected chi connectivity index (χ0v) is 21.4. The van der Waals surface area contributed by atoms with Crippen molar-refractivity contribution in [3.63, 3.8) is 0 Å². The molecule has 1 aromatic carbocycles. The monoisotopic (exact) mass is 460 g/mol. The zero-order valence-electron chi connectivity index (χ0n) is 21.4. The highest BCUT2D eigenvalue weighted by Gasteiger charge is 2.40. The van der Waals surface area contributed by atoms with Crippen molar-refractivity contribution in [1.29, 1.82) is 0 Å². The van der Waals surface area contributed by atoms with E-state index >= 15 is 0 Å². The molecule has 1 N–H and O–H groups in total. The van der Waals surface area contributed by atoms with Crippen LogP contribution in [0.25, 0.3) is 0 Å². The fraction of sp³-hybridized carbons (Fsp3) is 0.704. The lowest BCUT2D eigenvalue weighted by Crippen LogP contribution is -2.50. The van der Waals surface area contributed by atoms with Crippen LogP contribution in [0.15, 0.2) is 30.3 Å². The summed E-state index contributed by atoms with van der Waals surface area (Å²) >= 11 is 0. The van der Waals surface area contributed by atoms with Gasteiger partial charge in [0.05, 0.1) is 30.6 Å². The number of hydrogen-bond acceptors (Lipinski definition) is 4. The number of likely N-dealkylation sites (tertiary alicyclic amines) is 1. The van der Waals surface area contributed by atoms with E-state index in [0.717, 1.165) is 25.7 Å². The average Bonchev–Trinajstić information content (AvgIpc) is 3.32. The molecule has 1 saturated heterocycles. The largest absolute Gasteiger partial charge is 0.381 e. The molecule has 6 atom stereocenters. The maximum atomic E-state index is 13.3. The second kappa shape index (κ2) is 13.7. The van der Waals surface area contributed by atoms with Crippen molar-refractivity contribution < 1.29 is 19.1 Å². The first kappa shape index (κ1) is 27.3. The first-order chi connectivity index (χ1) is 15.8. The third-order valence-electron chi connectivity index (χ3n) is 7.54. The number of hydrogen-bond donors (Lipinski definition) is 1. The third kappa shape index (κ3) is 7.54. The molecule has 0 bridgehead atoms. The van der Waals surface area contributed by atoms with Gasteiger partial charge >= 0.3 is 0 Å². The van der Waals surface area contributed by atoms with Crippen LogP contribution in [0, 0.1) is 17.8 Å². The molecule has 186 valence electrons. The van der Waals surface area contributed by atoms with Crippen LogP contribution in [0.4, 0.5) is 0 Å². The van der Waals surface area contributed by atoms with Crippen LogP contribution < -0.4 is 5.32 Å². The first-order valence-corrected chi connectivity index (χ1v) is 12.5. The number of benzene rings is 1. The van der Waals surface area contributed by atoms with E-state index in [1.54, 1.807) is 14.2 Å². The minimum Gasteiger partial charge on any atom is -0.381 e. The van der Waals surface area contributed by atoms with Gasteiger partial charge in [-0.25, -0.2) is 0 Å². The molecule has 0 aliphatic carbocycles. The van der Waals surface area contributed by atoms with E-state index < -0.39 is 0 Å². The zero-order chi connectivity index (χ0) is 24.4. The lowest BCUT2D eigenvalue weighted by Gasteiger charge is -2.35. The van der Waals surface area contributed by atoms with E-state index in [4.69, 9.17) is 9.47 Å². The van der Waals surface area contributed by atoms with Gasteiger partial charge in [0.1, 0.15) is 0 Å². The lowest BCUT2D eigenvalue weighted by atomic mass is 9.87. The summed E-state index contributed by atoms with van der Waals surface area (Å²) in [5, 5.41) is 3.05. The Morgan fingerprint density at radius 3 is 2.42 bits per heavy atom. The van der Waals surface area contributed by atoms with Crippen LogP contribution in [0.5, 0.6) is 0 Å². The molecule has 1 aliphatic heterocycles. The highest BCUT2D eigenvalue weighted by molar-refractivity contribution is 5.80. The number of amides is 2. The summed E-state index contributed by atoms with van der Waals surface area (Å²) in [7, 11) is 3.33. The van der Waals surface area contributed by atoms with Gasteiger partial charge in [0.2, 0.25) is 11.8 Å². The van der Waals surface area contributed by atoms with Gasteiger partial charge < -0.3 is 19.7 Å². The van der Waals surface area contributed by atoms with Crippen molar-refractivity contribution in [3.05, 3.63) is 35.9 Å². The fourth-order valence-corrected chi connectivity index (χ4v) is 4.93. The van der Waals surface area contributed by atoms with E-state index in [1.807, 2.05) is 30.0 Å². The molecular formula is C27H44N2O4. The summed E-state index contributed by atoms with van der Waals surface area (Å²) < 4.78 is 11.5. The molecular weight excluding hydrogens is 416 g/mol. The quantitative estimate of drug-likeness (QED) is 0.482. The van der Waals surface area contributed by atoms with E-state index in [9.17, 15) is 9.59 Å². The fourth-order valence-electron chi connectivity index (χ4n) is 4.93. The number of ether oxygens (including phenoxy) is 2. The molecule has 0 saturated carbocycles. The molecule has 0 radical (unpaired) electrons. The Morgan fingerprint density at radius 2 is 1.82 bits per heavy atom. The van der Waals surface area contributed by atoms with Crippen molar-refractivity contribution in [2.45, 2.75) is 78.0 Å². The number of carbonyl (C=O) groups excluding carboxylic acids is 2. The Hall–Kier alpha value is -1.92. The van der Waals surface area contributed by atoms with Gasteiger partial charge in [-0.2, -0.15) is 0 Å². The number of rotatable bonds is 13. The van der Waals surface area contributed by atoms with Gasteiger partial charge in [-0.15, -0.1) is 0 Å². The molecule has 33 heavy (non-hydrogen) atoms. The van der Waals surface area contributed by atoms with Crippen LogP contribution in [0.2, 0.25) is 0 Å². The number of nitrogens with zero attached hydrogens (tertiary/aromatic N) is 1. The second-order valence-corrected chi connectivity index (χ2v) is 9.54. The molecule has 1 aromatic rings. The van der Waals surface area contributed by atoms with Crippen LogP contribution in [-0.4, -0.2) is 62.3 Å². The minimum absolute atomic E-state index is 0.0303. The molecule has 6 nitrogen and oxygen atoms in total. The Kier molecular flexibility index (Phi) is 11.3. The lowest BCUT2D eigenvalue weighted by molar-refractivity contribution is -0.142. The van der Waals surface area contributed by atoms with Gasteiger partial charge in [-0.05, 0) is 36.7 Å². The Labute approximate surface area is 200 Å². The Bertz CT molecular complexity index is 726. The van der Waals surface area contributed by atoms with Gasteiger partial charge in [-0.1, -0.05) is 64.4 Å². The minimum atomic E-state index is -0.346. The highest BCUT2D eigenvalue weighted by atomic mass is 16.5. The van der Waals surface area contributed by atoms with Crippen LogP contribution in [-0.2, 0) is 25.5 Å². The smallest absolute Gasteiger partial charge is 0.225 e. The third-order valence-corrected chi connectivity index (χ3v) is 7.54. The van der Waals surface area contributed by atoms with Gasteiger partial charge in [0.15, 0.2) is 0 Å². The summed E-state index contributed by atoms with van der Waals surface area (Å²) in [5.41, 5.74) is 1.20. The van der Waals surface area contributed by atoms with Crippen molar-refractivity contribution >= 4 is 11.8 Å². The van der Waals surface area contributed by atoms with E-state index in [1.165, 1.54) is 5.56 Å². The molecule has 1 fully saturated rings. The molecule has 0 spiro atoms. The maximum Gasteiger partial charge on any atom is 0.225 e. The summed E-state index contributed by atoms with van der Waals surface area (Å²) in [6.45, 7) is 9.73. The standard InChI is InChI=1S/C27H44N2O4/c1-7-19(2)20(3)24(32-5)18-25(30)29-17-11-14-23(29)26(33-6)21(4)27(31)28-16-15-22-12-9-8-10-13-22/h8-10,12-13,19-21,23-24,26H,7,11,14-18H2,1-6H3,(H,28,31)/t19?,20-,21?,23?,24?,26?/m0/s1. The normalized spacial score (nSPS) is 20.7. The van der Waals surface area contributed by atoms with Gasteiger partial charge in [0, 0.05) is 27.3 Å². The molecule has 2 amide bonds. The summed E-state index contributed by atoms with van der Waals surface area (Å²) in [4.78, 5) is 28.1. The maximum absolute atomic E-state index is 13.3. The average molecular weight is 461 g/mol. The van der Waals surface area contributed by atoms with Crippen molar-refractivity contribution in [2.24, 2.45) is 17.8 Å². The van der Waals surface area contributed by atoms with Crippen LogP contribution in [0.3, 0.4) is 0 Å². The van der Waals surface area contributed by atoms with Crippen LogP contribution >= 0.6 is 0 Å². The Balaban J connectivity index is 1.97. The number of nitrogens with one attached hydrogen (secondary N) is 1. The van der Waals surface area contributed by atoms with Crippen molar-refractivity contribution in [1.82, 2.24) is 10.2 Å². The predicted molar refractivity (Wildman–Crippen MR) is 132 cm³/mol. The number of carbonyl (C=O) groups is 2. The van der Waals surface area contributed by atoms with Gasteiger partial charge in [-0.3, -0.25) is 9.59 Å². The number of methoxy groups -OCH3 is 2. The van der Waals surface area contributed by atoms with Crippen molar-refractivity contribution in [3.8, 4) is 0 Å². The molecule has 6 heteroatoms. The molecule has 1 aliphatic rings. The SMILES string of the molecule is CCC(C)[C@H](C)C(CC(=O)N1CCCC1C(OC)C(C)C(=O)NCCc1ccccc1)OC. The molecule has 1 heterocycles. The first-order valence-electron chi connectivity index (χ1n) is 12.5. The highest BCUT2D eigenvalue weighted by Crippen LogP contribution is 2.29. The molecule has 5 unspecified atom stereocenters. The van der Waals surface area contributed by atoms with E-state index in [2.05, 4.69) is 38.2 Å². The molecule has 2 rings (SSSR count). The summed E-state index contributed by atoms with van der Waals surface area (Å²) in [5.74, 6) is 0.512. The summed E-state index contributed by atoms with van der Waals surface area (Å²) in [6.07, 6.45) is 3.56. The molecule has 0 aromatic heterocycles. The summed E-state index contributed by atoms with van der Waals surface area (Å²) in [6, 6.07) is 10.0. The second-order valence-electron chi connectivity index (χ2n) is 9.54. The van der Waals surface area contributed by atoms with E-state index in [-0.39, 0.29) is 36.0 Å². The van der Waals surface area contributed by atoms with E-state index in [0.29, 0.717) is 31.3 Å². The van der Waals surface area contributed by atoms with Gasteiger partial charge in [0.25, 0.3) is 0 Å². The van der Waals surface area contributed by atoms with Crippen LogP contribution in [0.1, 0.15) is 58.9 Å². The topological polar surface area (TPSA) is 67.9 Å². The van der Waals surface area contributed by atoms with Crippen molar-refractivity contribution in [2.75, 3.05) is 27.3 Å². The Morgan fingerprint density at radius 1 is 1.12 bits per heavy atom.